The lowest BCUT2D eigenvalue weighted by Gasteiger charge is -2.14. The number of amides is 1. The van der Waals surface area contributed by atoms with E-state index in [-0.39, 0.29) is 5.91 Å². The number of hydrogen-bond acceptors (Lipinski definition) is 3. The largest absolute Gasteiger partial charge is 0.479 e. The fourth-order valence-corrected chi connectivity index (χ4v) is 2.07. The molecule has 0 aliphatic rings. The van der Waals surface area contributed by atoms with Gasteiger partial charge >= 0.3 is 0 Å². The Balaban J connectivity index is 1.91. The highest BCUT2D eigenvalue weighted by atomic mass is 35.5. The number of benzene rings is 2. The molecule has 1 atom stereocenters. The number of ether oxygens (including phenoxy) is 1. The van der Waals surface area contributed by atoms with E-state index in [2.05, 4.69) is 10.5 Å². The maximum absolute atomic E-state index is 11.9. The second-order valence-corrected chi connectivity index (χ2v) is 5.32. The first-order valence-corrected chi connectivity index (χ1v) is 7.31. The summed E-state index contributed by atoms with van der Waals surface area (Å²) in [6.45, 7) is 1.61. The molecule has 0 saturated heterocycles. The molecule has 0 bridgehead atoms. The smallest absolute Gasteiger partial charge is 0.280 e. The van der Waals surface area contributed by atoms with E-state index in [0.29, 0.717) is 15.8 Å². The van der Waals surface area contributed by atoms with E-state index >= 15 is 0 Å². The van der Waals surface area contributed by atoms with Crippen LogP contribution in [-0.4, -0.2) is 18.2 Å². The lowest BCUT2D eigenvalue weighted by Crippen LogP contribution is -2.33. The molecule has 0 fully saturated rings. The van der Waals surface area contributed by atoms with Gasteiger partial charge in [0.25, 0.3) is 5.91 Å². The van der Waals surface area contributed by atoms with Crippen molar-refractivity contribution >= 4 is 35.3 Å². The van der Waals surface area contributed by atoms with E-state index in [4.69, 9.17) is 27.9 Å². The van der Waals surface area contributed by atoms with E-state index in [1.807, 2.05) is 30.3 Å². The predicted molar refractivity (Wildman–Crippen MR) is 88.7 cm³/mol. The van der Waals surface area contributed by atoms with Gasteiger partial charge in [-0.2, -0.15) is 5.10 Å². The fourth-order valence-electron chi connectivity index (χ4n) is 1.62. The summed E-state index contributed by atoms with van der Waals surface area (Å²) in [5.41, 5.74) is 3.30. The molecule has 1 unspecified atom stereocenters. The first-order valence-electron chi connectivity index (χ1n) is 6.56. The molecule has 0 aliphatic heterocycles. The zero-order chi connectivity index (χ0) is 15.9. The van der Waals surface area contributed by atoms with Crippen molar-refractivity contribution in [1.29, 1.82) is 0 Å². The Morgan fingerprint density at radius 2 is 1.95 bits per heavy atom. The molecule has 1 N–H and O–H groups in total. The van der Waals surface area contributed by atoms with E-state index in [1.165, 1.54) is 0 Å². The molecule has 22 heavy (non-hydrogen) atoms. The van der Waals surface area contributed by atoms with Crippen molar-refractivity contribution in [2.75, 3.05) is 0 Å². The Bertz CT molecular complexity index is 675. The maximum Gasteiger partial charge on any atom is 0.280 e. The van der Waals surface area contributed by atoms with Crippen LogP contribution in [0, 0.1) is 0 Å². The summed E-state index contributed by atoms with van der Waals surface area (Å²) in [5, 5.41) is 4.73. The number of hydrazone groups is 1. The molecule has 0 aliphatic carbocycles. The van der Waals surface area contributed by atoms with Crippen LogP contribution in [0.15, 0.2) is 53.6 Å². The number of rotatable bonds is 5. The Hall–Kier alpha value is -2.04. The number of nitrogens with zero attached hydrogens (tertiary/aromatic N) is 1. The number of hydrogen-bond donors (Lipinski definition) is 1. The van der Waals surface area contributed by atoms with Gasteiger partial charge in [-0.1, -0.05) is 53.5 Å². The minimum Gasteiger partial charge on any atom is -0.479 e. The quantitative estimate of drug-likeness (QED) is 0.664. The first-order chi connectivity index (χ1) is 10.6. The number of carbonyl (C=O) groups excluding carboxylic acids is 1. The van der Waals surface area contributed by atoms with Gasteiger partial charge in [0, 0.05) is 5.02 Å². The first kappa shape index (κ1) is 16.3. The lowest BCUT2D eigenvalue weighted by atomic mass is 10.2. The summed E-state index contributed by atoms with van der Waals surface area (Å²) in [6, 6.07) is 14.2. The van der Waals surface area contributed by atoms with Crippen molar-refractivity contribution in [3.63, 3.8) is 0 Å². The lowest BCUT2D eigenvalue weighted by molar-refractivity contribution is -0.127. The van der Waals surface area contributed by atoms with E-state index < -0.39 is 6.10 Å². The second kappa shape index (κ2) is 7.82. The van der Waals surface area contributed by atoms with Crippen LogP contribution in [-0.2, 0) is 4.79 Å². The maximum atomic E-state index is 11.9. The average molecular weight is 337 g/mol. The molecule has 114 valence electrons. The van der Waals surface area contributed by atoms with Gasteiger partial charge in [-0.15, -0.1) is 0 Å². The Labute approximate surface area is 138 Å². The second-order valence-electron chi connectivity index (χ2n) is 4.48. The molecule has 4 nitrogen and oxygen atoms in total. The summed E-state index contributed by atoms with van der Waals surface area (Å²) in [4.78, 5) is 11.9. The molecule has 0 saturated carbocycles. The summed E-state index contributed by atoms with van der Waals surface area (Å²) < 4.78 is 5.49. The van der Waals surface area contributed by atoms with Crippen LogP contribution in [0.3, 0.4) is 0 Å². The van der Waals surface area contributed by atoms with Crippen molar-refractivity contribution in [3.8, 4) is 5.75 Å². The molecular weight excluding hydrogens is 323 g/mol. The number of nitrogens with one attached hydrogen (secondary N) is 1. The van der Waals surface area contributed by atoms with Gasteiger partial charge in [-0.25, -0.2) is 5.43 Å². The highest BCUT2D eigenvalue weighted by molar-refractivity contribution is 6.35. The minimum absolute atomic E-state index is 0.347. The van der Waals surface area contributed by atoms with Gasteiger partial charge in [0.2, 0.25) is 0 Å². The Morgan fingerprint density at radius 3 is 2.64 bits per heavy atom. The van der Waals surface area contributed by atoms with Crippen LogP contribution in [0.2, 0.25) is 10.0 Å². The molecule has 2 aromatic carbocycles. The monoisotopic (exact) mass is 336 g/mol. The van der Waals surface area contributed by atoms with Crippen LogP contribution in [0.25, 0.3) is 0 Å². The number of halogens is 2. The van der Waals surface area contributed by atoms with Crippen molar-refractivity contribution in [2.24, 2.45) is 5.10 Å². The fraction of sp³-hybridized carbons (Fsp3) is 0.125. The Kier molecular flexibility index (Phi) is 5.81. The molecule has 0 spiro atoms. The van der Waals surface area contributed by atoms with Gasteiger partial charge in [0.1, 0.15) is 5.75 Å². The topological polar surface area (TPSA) is 50.7 Å². The molecule has 1 amide bonds. The molecule has 2 aromatic rings. The molecule has 2 rings (SSSR count). The molecule has 0 aromatic heterocycles. The van der Waals surface area contributed by atoms with Gasteiger partial charge in [0.05, 0.1) is 11.2 Å². The zero-order valence-corrected chi connectivity index (χ0v) is 13.3. The molecule has 0 heterocycles. The van der Waals surface area contributed by atoms with Crippen LogP contribution in [0.5, 0.6) is 5.75 Å². The highest BCUT2D eigenvalue weighted by Crippen LogP contribution is 2.28. The van der Waals surface area contributed by atoms with Crippen LogP contribution >= 0.6 is 23.2 Å². The van der Waals surface area contributed by atoms with Gasteiger partial charge < -0.3 is 4.74 Å². The minimum atomic E-state index is -0.744. The molecule has 0 radical (unpaired) electrons. The van der Waals surface area contributed by atoms with E-state index in [9.17, 15) is 4.79 Å². The Morgan fingerprint density at radius 1 is 1.23 bits per heavy atom. The van der Waals surface area contributed by atoms with E-state index in [1.54, 1.807) is 31.3 Å². The van der Waals surface area contributed by atoms with Crippen LogP contribution in [0.4, 0.5) is 0 Å². The summed E-state index contributed by atoms with van der Waals surface area (Å²) >= 11 is 11.8. The van der Waals surface area contributed by atoms with Gasteiger partial charge in [-0.3, -0.25) is 4.79 Å². The third kappa shape index (κ3) is 4.76. The van der Waals surface area contributed by atoms with E-state index in [0.717, 1.165) is 5.56 Å². The standard InChI is InChI=1S/C16H14Cl2N2O2/c1-11(22-15-8-7-13(17)9-14(15)18)16(21)20-19-10-12-5-3-2-4-6-12/h2-11H,1H3,(H,20,21)/b19-10+. The van der Waals surface area contributed by atoms with Crippen molar-refractivity contribution < 1.29 is 9.53 Å². The van der Waals surface area contributed by atoms with Crippen molar-refractivity contribution in [3.05, 3.63) is 64.1 Å². The summed E-state index contributed by atoms with van der Waals surface area (Å²) in [6.07, 6.45) is 0.812. The third-order valence-corrected chi connectivity index (χ3v) is 3.29. The van der Waals surface area contributed by atoms with Crippen molar-refractivity contribution in [2.45, 2.75) is 13.0 Å². The summed E-state index contributed by atoms with van der Waals surface area (Å²) in [7, 11) is 0. The zero-order valence-electron chi connectivity index (χ0n) is 11.8. The summed E-state index contributed by atoms with van der Waals surface area (Å²) in [5.74, 6) is 0.0129. The van der Waals surface area contributed by atoms with Crippen LogP contribution < -0.4 is 10.2 Å². The SMILES string of the molecule is CC(Oc1ccc(Cl)cc1Cl)C(=O)N/N=C/c1ccccc1. The van der Waals surface area contributed by atoms with Crippen LogP contribution in [0.1, 0.15) is 12.5 Å². The molecule has 6 heteroatoms. The molecular formula is C16H14Cl2N2O2. The van der Waals surface area contributed by atoms with Crippen molar-refractivity contribution in [1.82, 2.24) is 5.43 Å². The highest BCUT2D eigenvalue weighted by Gasteiger charge is 2.15. The predicted octanol–water partition coefficient (Wildman–Crippen LogP) is 3.91. The third-order valence-electron chi connectivity index (χ3n) is 2.75. The normalized spacial score (nSPS) is 12.1. The van der Waals surface area contributed by atoms with Gasteiger partial charge in [-0.05, 0) is 30.7 Å². The average Bonchev–Trinajstić information content (AvgIpc) is 2.51. The number of carbonyl (C=O) groups is 1. The van der Waals surface area contributed by atoms with Gasteiger partial charge in [0.15, 0.2) is 6.10 Å².